The monoisotopic (exact) mass is 304 g/mol. The molecule has 2 aromatic rings. The van der Waals surface area contributed by atoms with Crippen LogP contribution in [0.2, 0.25) is 0 Å². The average Bonchev–Trinajstić information content (AvgIpc) is 2.54. The van der Waals surface area contributed by atoms with Crippen molar-refractivity contribution in [3.63, 3.8) is 0 Å². The van der Waals surface area contributed by atoms with Crippen molar-refractivity contribution in [2.75, 3.05) is 14.2 Å². The summed E-state index contributed by atoms with van der Waals surface area (Å²) in [6, 6.07) is 8.24. The second-order valence-corrected chi connectivity index (χ2v) is 4.41. The molecule has 22 heavy (non-hydrogen) atoms. The Morgan fingerprint density at radius 2 is 1.82 bits per heavy atom. The molecule has 0 radical (unpaired) electrons. The number of hydrogen-bond donors (Lipinski definition) is 0. The summed E-state index contributed by atoms with van der Waals surface area (Å²) in [6.07, 6.45) is 2.80. The molecule has 0 heterocycles. The van der Waals surface area contributed by atoms with Gasteiger partial charge < -0.3 is 9.47 Å². The van der Waals surface area contributed by atoms with E-state index >= 15 is 0 Å². The third-order valence-electron chi connectivity index (χ3n) is 3.05. The summed E-state index contributed by atoms with van der Waals surface area (Å²) >= 11 is 0. The number of carbonyl (C=O) groups excluding carboxylic acids is 1. The number of methoxy groups -OCH3 is 2. The van der Waals surface area contributed by atoms with E-state index in [1.54, 1.807) is 18.2 Å². The molecule has 0 atom stereocenters. The summed E-state index contributed by atoms with van der Waals surface area (Å²) in [5.41, 5.74) is 0.704. The molecular weight excluding hydrogens is 290 g/mol. The number of hydrogen-bond acceptors (Lipinski definition) is 3. The topological polar surface area (TPSA) is 35.5 Å². The predicted octanol–water partition coefficient (Wildman–Crippen LogP) is 3.88. The lowest BCUT2D eigenvalue weighted by atomic mass is 10.1. The van der Waals surface area contributed by atoms with E-state index in [0.717, 1.165) is 12.1 Å². The van der Waals surface area contributed by atoms with Crippen LogP contribution < -0.4 is 9.47 Å². The Hall–Kier alpha value is -2.69. The van der Waals surface area contributed by atoms with Gasteiger partial charge >= 0.3 is 0 Å². The van der Waals surface area contributed by atoms with Gasteiger partial charge in [0.1, 0.15) is 0 Å². The van der Waals surface area contributed by atoms with Gasteiger partial charge in [-0.2, -0.15) is 0 Å². The van der Waals surface area contributed by atoms with E-state index in [9.17, 15) is 13.6 Å². The maximum absolute atomic E-state index is 13.1. The van der Waals surface area contributed by atoms with Crippen LogP contribution >= 0.6 is 0 Å². The molecule has 0 saturated heterocycles. The molecule has 114 valence electrons. The lowest BCUT2D eigenvalue weighted by Crippen LogP contribution is -1.97. The smallest absolute Gasteiger partial charge is 0.185 e. The van der Waals surface area contributed by atoms with Crippen molar-refractivity contribution >= 4 is 11.9 Å². The number of para-hydroxylation sites is 1. The van der Waals surface area contributed by atoms with Crippen LogP contribution in [0, 0.1) is 11.6 Å². The largest absolute Gasteiger partial charge is 0.493 e. The van der Waals surface area contributed by atoms with Gasteiger partial charge in [0.2, 0.25) is 0 Å². The fraction of sp³-hybridized carbons (Fsp3) is 0.118. The Bertz CT molecular complexity index is 724. The molecule has 0 amide bonds. The minimum Gasteiger partial charge on any atom is -0.493 e. The Kier molecular flexibility index (Phi) is 4.88. The Labute approximate surface area is 126 Å². The number of rotatable bonds is 5. The SMILES string of the molecule is COc1cccc(/C=C/C(=O)c2ccc(F)c(F)c2)c1OC. The van der Waals surface area contributed by atoms with E-state index < -0.39 is 17.4 Å². The van der Waals surface area contributed by atoms with Crippen molar-refractivity contribution in [2.45, 2.75) is 0 Å². The highest BCUT2D eigenvalue weighted by molar-refractivity contribution is 6.07. The van der Waals surface area contributed by atoms with Gasteiger partial charge in [0.25, 0.3) is 0 Å². The highest BCUT2D eigenvalue weighted by atomic mass is 19.2. The zero-order valence-electron chi connectivity index (χ0n) is 12.1. The zero-order chi connectivity index (χ0) is 16.1. The standard InChI is InChI=1S/C17H14F2O3/c1-21-16-5-3-4-11(17(16)22-2)7-9-15(20)12-6-8-13(18)14(19)10-12/h3-10H,1-2H3/b9-7+. The molecule has 3 nitrogen and oxygen atoms in total. The predicted molar refractivity (Wildman–Crippen MR) is 79.3 cm³/mol. The van der Waals surface area contributed by atoms with Crippen LogP contribution in [-0.2, 0) is 0 Å². The van der Waals surface area contributed by atoms with E-state index in [0.29, 0.717) is 17.1 Å². The third kappa shape index (κ3) is 3.31. The second-order valence-electron chi connectivity index (χ2n) is 4.41. The van der Waals surface area contributed by atoms with Crippen LogP contribution in [0.5, 0.6) is 11.5 Å². The van der Waals surface area contributed by atoms with Gasteiger partial charge in [-0.3, -0.25) is 4.79 Å². The molecule has 0 aliphatic heterocycles. The maximum atomic E-state index is 13.1. The first-order valence-electron chi connectivity index (χ1n) is 6.45. The Morgan fingerprint density at radius 3 is 2.45 bits per heavy atom. The summed E-state index contributed by atoms with van der Waals surface area (Å²) in [5, 5.41) is 0. The molecule has 0 unspecified atom stereocenters. The van der Waals surface area contributed by atoms with Gasteiger partial charge in [0.15, 0.2) is 28.9 Å². The molecule has 0 N–H and O–H groups in total. The first kappa shape index (κ1) is 15.7. The number of allylic oxidation sites excluding steroid dienone is 1. The molecule has 0 bridgehead atoms. The quantitative estimate of drug-likeness (QED) is 0.621. The van der Waals surface area contributed by atoms with E-state index in [4.69, 9.17) is 9.47 Å². The molecule has 0 spiro atoms. The summed E-state index contributed by atoms with van der Waals surface area (Å²) in [7, 11) is 3.00. The van der Waals surface area contributed by atoms with Crippen LogP contribution in [0.15, 0.2) is 42.5 Å². The van der Waals surface area contributed by atoms with E-state index in [2.05, 4.69) is 0 Å². The molecule has 0 saturated carbocycles. The van der Waals surface area contributed by atoms with Gasteiger partial charge in [-0.15, -0.1) is 0 Å². The average molecular weight is 304 g/mol. The molecular formula is C17H14F2O3. The van der Waals surface area contributed by atoms with Crippen LogP contribution in [0.3, 0.4) is 0 Å². The first-order chi connectivity index (χ1) is 10.6. The number of halogens is 2. The normalized spacial score (nSPS) is 10.7. The van der Waals surface area contributed by atoms with Crippen molar-refractivity contribution in [3.8, 4) is 11.5 Å². The van der Waals surface area contributed by atoms with Crippen molar-refractivity contribution < 1.29 is 23.0 Å². The van der Waals surface area contributed by atoms with Crippen LogP contribution in [0.1, 0.15) is 15.9 Å². The highest BCUT2D eigenvalue weighted by Gasteiger charge is 2.09. The molecule has 5 heteroatoms. The number of carbonyl (C=O) groups is 1. The third-order valence-corrected chi connectivity index (χ3v) is 3.05. The summed E-state index contributed by atoms with van der Waals surface area (Å²) < 4.78 is 36.4. The lowest BCUT2D eigenvalue weighted by molar-refractivity contribution is 0.104. The number of ketones is 1. The molecule has 2 aromatic carbocycles. The van der Waals surface area contributed by atoms with Crippen molar-refractivity contribution in [1.29, 1.82) is 0 Å². The van der Waals surface area contributed by atoms with E-state index in [1.807, 2.05) is 0 Å². The fourth-order valence-corrected chi connectivity index (χ4v) is 1.95. The van der Waals surface area contributed by atoms with Gasteiger partial charge in [-0.25, -0.2) is 8.78 Å². The molecule has 2 rings (SSSR count). The summed E-state index contributed by atoms with van der Waals surface area (Å²) in [4.78, 5) is 12.0. The Balaban J connectivity index is 2.28. The zero-order valence-corrected chi connectivity index (χ0v) is 12.1. The van der Waals surface area contributed by atoms with Crippen molar-refractivity contribution in [2.24, 2.45) is 0 Å². The van der Waals surface area contributed by atoms with Gasteiger partial charge in [-0.05, 0) is 36.4 Å². The fourth-order valence-electron chi connectivity index (χ4n) is 1.95. The number of ether oxygens (including phenoxy) is 2. The van der Waals surface area contributed by atoms with Gasteiger partial charge in [-0.1, -0.05) is 12.1 Å². The molecule has 0 aliphatic rings. The highest BCUT2D eigenvalue weighted by Crippen LogP contribution is 2.31. The number of benzene rings is 2. The van der Waals surface area contributed by atoms with E-state index in [-0.39, 0.29) is 5.56 Å². The molecule has 0 fully saturated rings. The van der Waals surface area contributed by atoms with Crippen LogP contribution in [0.4, 0.5) is 8.78 Å². The molecule has 0 aliphatic carbocycles. The maximum Gasteiger partial charge on any atom is 0.185 e. The van der Waals surface area contributed by atoms with Crippen molar-refractivity contribution in [3.05, 3.63) is 65.2 Å². The minimum atomic E-state index is -1.06. The summed E-state index contributed by atoms with van der Waals surface area (Å²) in [5.74, 6) is -1.47. The van der Waals surface area contributed by atoms with Crippen LogP contribution in [0.25, 0.3) is 6.08 Å². The first-order valence-corrected chi connectivity index (χ1v) is 6.45. The van der Waals surface area contributed by atoms with E-state index in [1.165, 1.54) is 32.4 Å². The Morgan fingerprint density at radius 1 is 1.05 bits per heavy atom. The lowest BCUT2D eigenvalue weighted by Gasteiger charge is -2.09. The molecule has 0 aromatic heterocycles. The van der Waals surface area contributed by atoms with Gasteiger partial charge in [0, 0.05) is 11.1 Å². The minimum absolute atomic E-state index is 0.0667. The van der Waals surface area contributed by atoms with Gasteiger partial charge in [0.05, 0.1) is 14.2 Å². The van der Waals surface area contributed by atoms with Crippen LogP contribution in [-0.4, -0.2) is 20.0 Å². The van der Waals surface area contributed by atoms with Crippen molar-refractivity contribution in [1.82, 2.24) is 0 Å². The summed E-state index contributed by atoms with van der Waals surface area (Å²) in [6.45, 7) is 0. The second kappa shape index (κ2) is 6.85.